The lowest BCUT2D eigenvalue weighted by molar-refractivity contribution is -0.124. The number of halogens is 1. The van der Waals surface area contributed by atoms with Gasteiger partial charge in [0, 0.05) is 13.0 Å². The largest absolute Gasteiger partial charge is 0.332 e. The minimum atomic E-state index is -0.765. The zero-order valence-electron chi connectivity index (χ0n) is 16.0. The fourth-order valence-electron chi connectivity index (χ4n) is 4.33. The first-order valence-electron chi connectivity index (χ1n) is 9.70. The molecule has 28 heavy (non-hydrogen) atoms. The molecule has 1 aromatic carbocycles. The van der Waals surface area contributed by atoms with Crippen molar-refractivity contribution in [3.05, 3.63) is 28.3 Å². The number of carbonyl (C=O) groups excluding carboxylic acids is 2. The summed E-state index contributed by atoms with van der Waals surface area (Å²) in [5.74, 6) is -0.184. The van der Waals surface area contributed by atoms with Crippen molar-refractivity contribution in [1.29, 1.82) is 10.5 Å². The quantitative estimate of drug-likeness (QED) is 0.513. The zero-order chi connectivity index (χ0) is 20.3. The standard InChI is InChI=1S/C21H23ClN4O2/c1-15-17(9-8-16(14-24)18(15)22)26-19(27)21(10-4-5-11-21)25(20(26)28)13-7-3-2-6-12-23/h8-9H,2-7,10-11,13H2,1H3. The van der Waals surface area contributed by atoms with Crippen molar-refractivity contribution in [2.45, 2.75) is 63.8 Å². The maximum atomic E-state index is 13.4. The Kier molecular flexibility index (Phi) is 5.91. The molecule has 2 fully saturated rings. The average molecular weight is 399 g/mol. The highest BCUT2D eigenvalue weighted by Gasteiger charge is 2.58. The third-order valence-electron chi connectivity index (χ3n) is 5.86. The van der Waals surface area contributed by atoms with E-state index in [2.05, 4.69) is 6.07 Å². The van der Waals surface area contributed by atoms with Gasteiger partial charge in [0.2, 0.25) is 0 Å². The van der Waals surface area contributed by atoms with Gasteiger partial charge in [0.15, 0.2) is 0 Å². The Balaban J connectivity index is 1.91. The van der Waals surface area contributed by atoms with Crippen LogP contribution in [-0.2, 0) is 4.79 Å². The van der Waals surface area contributed by atoms with Gasteiger partial charge in [-0.25, -0.2) is 9.69 Å². The van der Waals surface area contributed by atoms with Gasteiger partial charge >= 0.3 is 6.03 Å². The molecule has 0 unspecified atom stereocenters. The Bertz CT molecular complexity index is 878. The first kappa shape index (κ1) is 20.2. The summed E-state index contributed by atoms with van der Waals surface area (Å²) in [6, 6.07) is 7.03. The van der Waals surface area contributed by atoms with E-state index in [-0.39, 0.29) is 17.0 Å². The molecule has 0 atom stereocenters. The molecular formula is C21H23ClN4O2. The van der Waals surface area contributed by atoms with Crippen LogP contribution in [0.5, 0.6) is 0 Å². The maximum Gasteiger partial charge on any atom is 0.332 e. The number of anilines is 1. The molecule has 0 radical (unpaired) electrons. The lowest BCUT2D eigenvalue weighted by Gasteiger charge is -2.31. The Labute approximate surface area is 170 Å². The topological polar surface area (TPSA) is 88.2 Å². The number of urea groups is 1. The number of imide groups is 1. The molecule has 0 bridgehead atoms. The van der Waals surface area contributed by atoms with Crippen LogP contribution in [0.3, 0.4) is 0 Å². The van der Waals surface area contributed by atoms with Crippen molar-refractivity contribution < 1.29 is 9.59 Å². The van der Waals surface area contributed by atoms with Gasteiger partial charge < -0.3 is 4.90 Å². The molecule has 146 valence electrons. The second-order valence-corrected chi connectivity index (χ2v) is 7.84. The third kappa shape index (κ3) is 3.23. The summed E-state index contributed by atoms with van der Waals surface area (Å²) in [6.45, 7) is 2.24. The number of benzene rings is 1. The van der Waals surface area contributed by atoms with Crippen LogP contribution in [-0.4, -0.2) is 28.9 Å². The molecule has 1 aromatic rings. The normalized spacial score (nSPS) is 18.0. The maximum absolute atomic E-state index is 13.4. The van der Waals surface area contributed by atoms with Crippen LogP contribution >= 0.6 is 11.6 Å². The molecule has 3 rings (SSSR count). The minimum absolute atomic E-state index is 0.184. The average Bonchev–Trinajstić information content (AvgIpc) is 3.25. The van der Waals surface area contributed by atoms with Gasteiger partial charge in [-0.2, -0.15) is 10.5 Å². The fourth-order valence-corrected chi connectivity index (χ4v) is 4.54. The summed E-state index contributed by atoms with van der Waals surface area (Å²) in [4.78, 5) is 29.7. The lowest BCUT2D eigenvalue weighted by Crippen LogP contribution is -2.47. The van der Waals surface area contributed by atoms with Crippen molar-refractivity contribution >= 4 is 29.2 Å². The number of rotatable bonds is 6. The van der Waals surface area contributed by atoms with E-state index >= 15 is 0 Å². The second-order valence-electron chi connectivity index (χ2n) is 7.47. The van der Waals surface area contributed by atoms with Crippen LogP contribution in [0.15, 0.2) is 12.1 Å². The number of amides is 3. The Morgan fingerprint density at radius 3 is 2.50 bits per heavy atom. The van der Waals surface area contributed by atoms with E-state index in [1.54, 1.807) is 24.0 Å². The first-order chi connectivity index (χ1) is 13.5. The molecule has 6 nitrogen and oxygen atoms in total. The van der Waals surface area contributed by atoms with Crippen molar-refractivity contribution in [2.24, 2.45) is 0 Å². The Hall–Kier alpha value is -2.57. The molecule has 3 amide bonds. The molecule has 2 aliphatic rings. The van der Waals surface area contributed by atoms with Gasteiger partial charge in [-0.15, -0.1) is 0 Å². The molecule has 1 aliphatic carbocycles. The van der Waals surface area contributed by atoms with Gasteiger partial charge in [0.1, 0.15) is 11.6 Å². The van der Waals surface area contributed by atoms with Crippen LogP contribution < -0.4 is 4.90 Å². The van der Waals surface area contributed by atoms with Gasteiger partial charge in [0.25, 0.3) is 5.91 Å². The highest BCUT2D eigenvalue weighted by Crippen LogP contribution is 2.44. The summed E-state index contributed by atoms with van der Waals surface area (Å²) in [5, 5.41) is 18.1. The van der Waals surface area contributed by atoms with E-state index in [1.807, 2.05) is 6.07 Å². The molecule has 1 saturated heterocycles. The number of hydrogen-bond donors (Lipinski definition) is 0. The highest BCUT2D eigenvalue weighted by molar-refractivity contribution is 6.33. The number of hydrogen-bond acceptors (Lipinski definition) is 4. The fraction of sp³-hybridized carbons (Fsp3) is 0.524. The third-order valence-corrected chi connectivity index (χ3v) is 6.35. The molecule has 0 N–H and O–H groups in total. The summed E-state index contributed by atoms with van der Waals surface area (Å²) < 4.78 is 0. The van der Waals surface area contributed by atoms with Gasteiger partial charge in [0.05, 0.1) is 22.3 Å². The van der Waals surface area contributed by atoms with Gasteiger partial charge in [-0.3, -0.25) is 4.79 Å². The molecule has 0 aromatic heterocycles. The van der Waals surface area contributed by atoms with Crippen molar-refractivity contribution in [2.75, 3.05) is 11.4 Å². The van der Waals surface area contributed by atoms with Crippen molar-refractivity contribution in [3.63, 3.8) is 0 Å². The summed E-state index contributed by atoms with van der Waals surface area (Å²) in [6.07, 6.45) is 6.12. The smallest absolute Gasteiger partial charge is 0.309 e. The van der Waals surface area contributed by atoms with E-state index in [0.29, 0.717) is 42.6 Å². The summed E-state index contributed by atoms with van der Waals surface area (Å²) in [7, 11) is 0. The predicted octanol–water partition coefficient (Wildman–Crippen LogP) is 4.69. The van der Waals surface area contributed by atoms with Crippen LogP contribution in [0.1, 0.15) is 62.5 Å². The zero-order valence-corrected chi connectivity index (χ0v) is 16.8. The molecule has 1 aliphatic heterocycles. The number of carbonyl (C=O) groups is 2. The molecule has 1 heterocycles. The Morgan fingerprint density at radius 1 is 1.14 bits per heavy atom. The molecule has 7 heteroatoms. The van der Waals surface area contributed by atoms with Crippen LogP contribution in [0.25, 0.3) is 0 Å². The predicted molar refractivity (Wildman–Crippen MR) is 106 cm³/mol. The minimum Gasteiger partial charge on any atom is -0.309 e. The van der Waals surface area contributed by atoms with Crippen LogP contribution in [0.2, 0.25) is 5.02 Å². The first-order valence-corrected chi connectivity index (χ1v) is 10.1. The summed E-state index contributed by atoms with van der Waals surface area (Å²) in [5.41, 5.74) is 0.578. The van der Waals surface area contributed by atoms with E-state index in [1.165, 1.54) is 4.90 Å². The van der Waals surface area contributed by atoms with Crippen LogP contribution in [0.4, 0.5) is 10.5 Å². The van der Waals surface area contributed by atoms with Gasteiger partial charge in [-0.1, -0.05) is 30.9 Å². The number of nitriles is 2. The van der Waals surface area contributed by atoms with E-state index in [4.69, 9.17) is 22.1 Å². The monoisotopic (exact) mass is 398 g/mol. The van der Waals surface area contributed by atoms with Crippen molar-refractivity contribution in [1.82, 2.24) is 4.90 Å². The second kappa shape index (κ2) is 8.20. The van der Waals surface area contributed by atoms with E-state index < -0.39 is 5.54 Å². The number of unbranched alkanes of at least 4 members (excludes halogenated alkanes) is 3. The van der Waals surface area contributed by atoms with E-state index in [0.717, 1.165) is 32.1 Å². The number of nitrogens with zero attached hydrogens (tertiary/aromatic N) is 4. The molecule has 1 saturated carbocycles. The van der Waals surface area contributed by atoms with Crippen molar-refractivity contribution in [3.8, 4) is 12.1 Å². The highest BCUT2D eigenvalue weighted by atomic mass is 35.5. The van der Waals surface area contributed by atoms with Gasteiger partial charge in [-0.05, 0) is 50.3 Å². The van der Waals surface area contributed by atoms with E-state index in [9.17, 15) is 9.59 Å². The molecule has 1 spiro atoms. The molecular weight excluding hydrogens is 376 g/mol. The lowest BCUT2D eigenvalue weighted by atomic mass is 9.95. The Morgan fingerprint density at radius 2 is 1.86 bits per heavy atom. The van der Waals surface area contributed by atoms with Crippen LogP contribution in [0, 0.1) is 29.6 Å². The summed E-state index contributed by atoms with van der Waals surface area (Å²) >= 11 is 6.28. The SMILES string of the molecule is Cc1c(N2C(=O)N(CCCCCC#N)C3(CCCC3)C2=O)ccc(C#N)c1Cl.